The van der Waals surface area contributed by atoms with Gasteiger partial charge in [-0.1, -0.05) is 67.7 Å². The number of ketones is 1. The predicted molar refractivity (Wildman–Crippen MR) is 93.3 cm³/mol. The monoisotopic (exact) mass is 320 g/mol. The average molecular weight is 321 g/mol. The number of carbonyl (C=O) groups is 2. The topological polar surface area (TPSA) is 43.4 Å². The molecule has 0 aliphatic rings. The van der Waals surface area contributed by atoms with Gasteiger partial charge in [0.2, 0.25) is 0 Å². The molecule has 0 N–H and O–H groups in total. The van der Waals surface area contributed by atoms with Gasteiger partial charge in [0.05, 0.1) is 6.26 Å². The summed E-state index contributed by atoms with van der Waals surface area (Å²) in [6, 6.07) is 9.71. The minimum atomic E-state index is -0.329. The Bertz CT molecular complexity index is 516. The lowest BCUT2D eigenvalue weighted by molar-refractivity contribution is -0.135. The first-order valence-electron chi connectivity index (χ1n) is 6.31. The Kier molecular flexibility index (Phi) is 14.9. The Labute approximate surface area is 137 Å². The lowest BCUT2D eigenvalue weighted by atomic mass is 10.1. The highest BCUT2D eigenvalue weighted by molar-refractivity contribution is 6.25. The fraction of sp³-hybridized carbons (Fsp3) is 0.111. The summed E-state index contributed by atoms with van der Waals surface area (Å²) < 4.78 is 4.17. The van der Waals surface area contributed by atoms with Crippen molar-refractivity contribution in [3.05, 3.63) is 79.1 Å². The SMILES string of the molecule is C=C(C)C(=O)C=Cc1ccccc1.C=CCl.C=COC(C)=O. The molecule has 0 atom stereocenters. The van der Waals surface area contributed by atoms with Crippen LogP contribution >= 0.6 is 11.6 Å². The van der Waals surface area contributed by atoms with Gasteiger partial charge in [0.1, 0.15) is 0 Å². The molecule has 0 fully saturated rings. The van der Waals surface area contributed by atoms with Gasteiger partial charge in [-0.2, -0.15) is 0 Å². The first-order chi connectivity index (χ1) is 10.4. The number of hydrogen-bond donors (Lipinski definition) is 0. The quantitative estimate of drug-likeness (QED) is 0.450. The maximum absolute atomic E-state index is 11.1. The number of carbonyl (C=O) groups excluding carboxylic acids is 2. The molecule has 0 amide bonds. The van der Waals surface area contributed by atoms with Crippen molar-refractivity contribution < 1.29 is 14.3 Å². The van der Waals surface area contributed by atoms with Gasteiger partial charge in [0, 0.05) is 6.92 Å². The maximum Gasteiger partial charge on any atom is 0.307 e. The third-order valence-corrected chi connectivity index (χ3v) is 1.90. The van der Waals surface area contributed by atoms with E-state index in [2.05, 4.69) is 24.5 Å². The van der Waals surface area contributed by atoms with E-state index < -0.39 is 0 Å². The van der Waals surface area contributed by atoms with Crippen molar-refractivity contribution in [2.45, 2.75) is 13.8 Å². The highest BCUT2D eigenvalue weighted by atomic mass is 35.5. The third kappa shape index (κ3) is 15.7. The van der Waals surface area contributed by atoms with E-state index in [0.29, 0.717) is 5.57 Å². The summed E-state index contributed by atoms with van der Waals surface area (Å²) in [7, 11) is 0. The van der Waals surface area contributed by atoms with Crippen LogP contribution in [0.1, 0.15) is 19.4 Å². The van der Waals surface area contributed by atoms with Crippen LogP contribution in [-0.4, -0.2) is 11.8 Å². The molecule has 0 saturated carbocycles. The third-order valence-electron chi connectivity index (χ3n) is 1.90. The van der Waals surface area contributed by atoms with Gasteiger partial charge >= 0.3 is 5.97 Å². The van der Waals surface area contributed by atoms with Crippen molar-refractivity contribution in [2.24, 2.45) is 0 Å². The molecule has 4 heteroatoms. The molecule has 0 aliphatic carbocycles. The molecule has 22 heavy (non-hydrogen) atoms. The van der Waals surface area contributed by atoms with Crippen LogP contribution in [0.4, 0.5) is 0 Å². The van der Waals surface area contributed by atoms with E-state index in [-0.39, 0.29) is 11.8 Å². The molecule has 0 spiro atoms. The molecule has 0 radical (unpaired) electrons. The maximum atomic E-state index is 11.1. The fourth-order valence-corrected chi connectivity index (χ4v) is 0.996. The summed E-state index contributed by atoms with van der Waals surface area (Å²) in [4.78, 5) is 20.9. The molecule has 1 rings (SSSR count). The smallest absolute Gasteiger partial charge is 0.307 e. The summed E-state index contributed by atoms with van der Waals surface area (Å²) in [6.07, 6.45) is 4.43. The molecule has 0 unspecified atom stereocenters. The summed E-state index contributed by atoms with van der Waals surface area (Å²) in [5.74, 6) is -0.353. The fourth-order valence-electron chi connectivity index (χ4n) is 0.996. The second-order valence-corrected chi connectivity index (χ2v) is 4.13. The van der Waals surface area contributed by atoms with Crippen molar-refractivity contribution in [1.29, 1.82) is 0 Å². The number of allylic oxidation sites excluding steroid dienone is 2. The van der Waals surface area contributed by atoms with E-state index in [4.69, 9.17) is 11.6 Å². The molecule has 0 saturated heterocycles. The molecule has 1 aromatic rings. The van der Waals surface area contributed by atoms with Crippen molar-refractivity contribution in [1.82, 2.24) is 0 Å². The van der Waals surface area contributed by atoms with E-state index in [1.807, 2.05) is 30.3 Å². The van der Waals surface area contributed by atoms with Gasteiger partial charge < -0.3 is 4.74 Å². The van der Waals surface area contributed by atoms with Crippen LogP contribution in [0.25, 0.3) is 6.08 Å². The number of ether oxygens (including phenoxy) is 1. The second kappa shape index (κ2) is 15.0. The number of rotatable bonds is 4. The summed E-state index contributed by atoms with van der Waals surface area (Å²) in [6.45, 7) is 12.9. The first-order valence-corrected chi connectivity index (χ1v) is 6.74. The molecule has 0 aromatic heterocycles. The molecule has 3 nitrogen and oxygen atoms in total. The minimum absolute atomic E-state index is 0.0242. The van der Waals surface area contributed by atoms with Crippen LogP contribution in [0.5, 0.6) is 0 Å². The van der Waals surface area contributed by atoms with Crippen molar-refractivity contribution >= 4 is 29.4 Å². The molecular formula is C18H21ClO3. The zero-order valence-corrected chi connectivity index (χ0v) is 13.7. The molecule has 0 bridgehead atoms. The van der Waals surface area contributed by atoms with Crippen LogP contribution in [0.2, 0.25) is 0 Å². The van der Waals surface area contributed by atoms with E-state index in [1.165, 1.54) is 18.5 Å². The number of hydrogen-bond acceptors (Lipinski definition) is 3. The Morgan fingerprint density at radius 3 is 1.95 bits per heavy atom. The van der Waals surface area contributed by atoms with Crippen LogP contribution in [0.3, 0.4) is 0 Å². The molecule has 0 aliphatic heterocycles. The van der Waals surface area contributed by atoms with Crippen LogP contribution in [-0.2, 0) is 14.3 Å². The van der Waals surface area contributed by atoms with Crippen molar-refractivity contribution in [2.75, 3.05) is 0 Å². The molecule has 1 aromatic carbocycles. The van der Waals surface area contributed by atoms with Gasteiger partial charge in [-0.15, -0.1) is 0 Å². The average Bonchev–Trinajstić information content (AvgIpc) is 2.47. The zero-order chi connectivity index (χ0) is 17.4. The number of benzene rings is 1. The Hall–Kier alpha value is -2.39. The van der Waals surface area contributed by atoms with Gasteiger partial charge in [0.15, 0.2) is 5.78 Å². The standard InChI is InChI=1S/C12H12O.C4H6O2.C2H3Cl/c1-10(2)12(13)9-8-11-6-4-3-5-7-11;1-3-6-4(2)5;1-2-3/h3-9H,1H2,2H3;3H,1H2,2H3;2H,1H2. The van der Waals surface area contributed by atoms with Crippen molar-refractivity contribution in [3.63, 3.8) is 0 Å². The first kappa shape index (κ1) is 21.9. The van der Waals surface area contributed by atoms with Crippen LogP contribution in [0, 0.1) is 0 Å². The normalized spacial score (nSPS) is 8.50. The Morgan fingerprint density at radius 1 is 1.14 bits per heavy atom. The minimum Gasteiger partial charge on any atom is -0.435 e. The van der Waals surface area contributed by atoms with Crippen LogP contribution < -0.4 is 0 Å². The van der Waals surface area contributed by atoms with Gasteiger partial charge in [-0.05, 0) is 29.7 Å². The number of halogens is 1. The highest BCUT2D eigenvalue weighted by Crippen LogP contribution is 2.02. The lowest BCUT2D eigenvalue weighted by Gasteiger charge is -1.91. The second-order valence-electron chi connectivity index (χ2n) is 3.82. The lowest BCUT2D eigenvalue weighted by Crippen LogP contribution is -1.91. The summed E-state index contributed by atoms with van der Waals surface area (Å²) >= 11 is 4.76. The van der Waals surface area contributed by atoms with Gasteiger partial charge in [-0.25, -0.2) is 0 Å². The summed E-state index contributed by atoms with van der Waals surface area (Å²) in [5, 5.41) is 0. The molecule has 118 valence electrons. The molecule has 0 heterocycles. The van der Waals surface area contributed by atoms with E-state index in [0.717, 1.165) is 11.8 Å². The van der Waals surface area contributed by atoms with Gasteiger partial charge in [0.25, 0.3) is 0 Å². The number of esters is 1. The Morgan fingerprint density at radius 2 is 1.64 bits per heavy atom. The largest absolute Gasteiger partial charge is 0.435 e. The highest BCUT2D eigenvalue weighted by Gasteiger charge is 1.94. The summed E-state index contributed by atoms with van der Waals surface area (Å²) in [5.41, 5.74) is 2.81. The van der Waals surface area contributed by atoms with E-state index in [9.17, 15) is 9.59 Å². The van der Waals surface area contributed by atoms with Crippen LogP contribution in [0.15, 0.2) is 73.5 Å². The Balaban J connectivity index is 0. The van der Waals surface area contributed by atoms with Gasteiger partial charge in [-0.3, -0.25) is 9.59 Å². The predicted octanol–water partition coefficient (Wildman–Crippen LogP) is 4.91. The van der Waals surface area contributed by atoms with E-state index in [1.54, 1.807) is 13.0 Å². The molecular weight excluding hydrogens is 300 g/mol. The van der Waals surface area contributed by atoms with E-state index >= 15 is 0 Å². The van der Waals surface area contributed by atoms with Crippen molar-refractivity contribution in [3.8, 4) is 0 Å². The zero-order valence-electron chi connectivity index (χ0n) is 12.9.